The number of halogens is 1. The number of benzene rings is 2. The van der Waals surface area contributed by atoms with Gasteiger partial charge in [0.25, 0.3) is 0 Å². The van der Waals surface area contributed by atoms with Gasteiger partial charge in [0.15, 0.2) is 0 Å². The third-order valence-electron chi connectivity index (χ3n) is 3.44. The first-order valence-corrected chi connectivity index (χ1v) is 8.28. The Morgan fingerprint density at radius 1 is 1.08 bits per heavy atom. The van der Waals surface area contributed by atoms with Crippen LogP contribution in [0.1, 0.15) is 35.7 Å². The number of nitrogens with one attached hydrogen (secondary N) is 1. The number of carbonyl (C=O) groups is 2. The SMILES string of the molecule is CCCCOC(=O)c1ccc(NC(=O)Cc2ccccc2Cl)cc1. The highest BCUT2D eigenvalue weighted by molar-refractivity contribution is 6.31. The average Bonchev–Trinajstić information content (AvgIpc) is 2.58. The van der Waals surface area contributed by atoms with Gasteiger partial charge in [-0.15, -0.1) is 0 Å². The van der Waals surface area contributed by atoms with Crippen LogP contribution in [0.4, 0.5) is 5.69 Å². The molecule has 0 saturated heterocycles. The summed E-state index contributed by atoms with van der Waals surface area (Å²) in [5, 5.41) is 3.35. The fourth-order valence-corrected chi connectivity index (χ4v) is 2.30. The molecular weight excluding hydrogens is 326 g/mol. The lowest BCUT2D eigenvalue weighted by Crippen LogP contribution is -2.14. The van der Waals surface area contributed by atoms with Crippen LogP contribution in [-0.2, 0) is 16.0 Å². The maximum Gasteiger partial charge on any atom is 0.338 e. The van der Waals surface area contributed by atoms with Gasteiger partial charge >= 0.3 is 5.97 Å². The predicted octanol–water partition coefficient (Wildman–Crippen LogP) is 4.48. The van der Waals surface area contributed by atoms with Gasteiger partial charge in [0, 0.05) is 10.7 Å². The van der Waals surface area contributed by atoms with Crippen LogP contribution in [0.3, 0.4) is 0 Å². The molecule has 0 unspecified atom stereocenters. The number of ether oxygens (including phenoxy) is 1. The fraction of sp³-hybridized carbons (Fsp3) is 0.263. The Kier molecular flexibility index (Phi) is 6.82. The Balaban J connectivity index is 1.90. The van der Waals surface area contributed by atoms with Crippen LogP contribution in [-0.4, -0.2) is 18.5 Å². The van der Waals surface area contributed by atoms with Crippen LogP contribution in [0, 0.1) is 0 Å². The lowest BCUT2D eigenvalue weighted by Gasteiger charge is -2.08. The van der Waals surface area contributed by atoms with Crippen molar-refractivity contribution in [2.45, 2.75) is 26.2 Å². The maximum atomic E-state index is 12.1. The number of hydrogen-bond acceptors (Lipinski definition) is 3. The van der Waals surface area contributed by atoms with Crippen molar-refractivity contribution >= 4 is 29.2 Å². The third-order valence-corrected chi connectivity index (χ3v) is 3.81. The van der Waals surface area contributed by atoms with Crippen LogP contribution >= 0.6 is 11.6 Å². The highest BCUT2D eigenvalue weighted by atomic mass is 35.5. The molecule has 0 bridgehead atoms. The van der Waals surface area contributed by atoms with Crippen molar-refractivity contribution in [3.8, 4) is 0 Å². The van der Waals surface area contributed by atoms with Crippen LogP contribution in [0.5, 0.6) is 0 Å². The summed E-state index contributed by atoms with van der Waals surface area (Å²) in [4.78, 5) is 23.9. The number of rotatable bonds is 7. The molecule has 24 heavy (non-hydrogen) atoms. The van der Waals surface area contributed by atoms with Crippen molar-refractivity contribution in [1.29, 1.82) is 0 Å². The minimum atomic E-state index is -0.350. The van der Waals surface area contributed by atoms with Crippen molar-refractivity contribution in [2.75, 3.05) is 11.9 Å². The number of unbranched alkanes of at least 4 members (excludes halogenated alkanes) is 1. The zero-order valence-corrected chi connectivity index (χ0v) is 14.3. The van der Waals surface area contributed by atoms with Gasteiger partial charge in [-0.25, -0.2) is 4.79 Å². The van der Waals surface area contributed by atoms with Crippen molar-refractivity contribution in [1.82, 2.24) is 0 Å². The largest absolute Gasteiger partial charge is 0.462 e. The highest BCUT2D eigenvalue weighted by Gasteiger charge is 2.09. The zero-order chi connectivity index (χ0) is 17.4. The van der Waals surface area contributed by atoms with Crippen LogP contribution in [0.2, 0.25) is 5.02 Å². The fourth-order valence-electron chi connectivity index (χ4n) is 2.10. The minimum Gasteiger partial charge on any atom is -0.462 e. The standard InChI is InChI=1S/C19H20ClNO3/c1-2-3-12-24-19(23)14-8-10-16(11-9-14)21-18(22)13-15-6-4-5-7-17(15)20/h4-11H,2-3,12-13H2,1H3,(H,21,22). The van der Waals surface area contributed by atoms with E-state index in [2.05, 4.69) is 5.32 Å². The molecule has 2 aromatic rings. The molecule has 0 fully saturated rings. The summed E-state index contributed by atoms with van der Waals surface area (Å²) in [6, 6.07) is 13.9. The van der Waals surface area contributed by atoms with Crippen LogP contribution in [0.25, 0.3) is 0 Å². The summed E-state index contributed by atoms with van der Waals surface area (Å²) < 4.78 is 5.14. The summed E-state index contributed by atoms with van der Waals surface area (Å²) in [7, 11) is 0. The van der Waals surface area contributed by atoms with E-state index in [-0.39, 0.29) is 18.3 Å². The summed E-state index contributed by atoms with van der Waals surface area (Å²) in [6.07, 6.45) is 2.02. The van der Waals surface area contributed by atoms with E-state index in [1.54, 1.807) is 30.3 Å². The van der Waals surface area contributed by atoms with Gasteiger partial charge in [0.1, 0.15) is 0 Å². The Bertz CT molecular complexity index is 698. The van der Waals surface area contributed by atoms with Gasteiger partial charge in [-0.1, -0.05) is 43.1 Å². The summed E-state index contributed by atoms with van der Waals surface area (Å²) in [5.74, 6) is -0.515. The molecular formula is C19H20ClNO3. The molecule has 0 heterocycles. The van der Waals surface area contributed by atoms with Crippen molar-refractivity contribution < 1.29 is 14.3 Å². The first kappa shape index (κ1) is 18.0. The Morgan fingerprint density at radius 2 is 1.79 bits per heavy atom. The minimum absolute atomic E-state index is 0.165. The second kappa shape index (κ2) is 9.08. The van der Waals surface area contributed by atoms with Crippen LogP contribution < -0.4 is 5.32 Å². The molecule has 4 nitrogen and oxygen atoms in total. The Morgan fingerprint density at radius 3 is 2.46 bits per heavy atom. The van der Waals surface area contributed by atoms with Gasteiger partial charge in [-0.3, -0.25) is 4.79 Å². The first-order valence-electron chi connectivity index (χ1n) is 7.90. The van der Waals surface area contributed by atoms with Crippen LogP contribution in [0.15, 0.2) is 48.5 Å². The van der Waals surface area contributed by atoms with Gasteiger partial charge in [0.05, 0.1) is 18.6 Å². The molecule has 0 spiro atoms. The topological polar surface area (TPSA) is 55.4 Å². The quantitative estimate of drug-likeness (QED) is 0.594. The molecule has 0 aliphatic carbocycles. The van der Waals surface area contributed by atoms with E-state index in [1.165, 1.54) is 0 Å². The molecule has 0 saturated carbocycles. The zero-order valence-electron chi connectivity index (χ0n) is 13.5. The van der Waals surface area contributed by atoms with Crippen molar-refractivity contribution in [3.05, 3.63) is 64.7 Å². The van der Waals surface area contributed by atoms with Crippen molar-refractivity contribution in [3.63, 3.8) is 0 Å². The molecule has 0 atom stereocenters. The molecule has 1 N–H and O–H groups in total. The Labute approximate surface area is 146 Å². The summed E-state index contributed by atoms with van der Waals surface area (Å²) >= 11 is 6.05. The van der Waals surface area contributed by atoms with E-state index >= 15 is 0 Å². The number of hydrogen-bond donors (Lipinski definition) is 1. The van der Waals surface area contributed by atoms with E-state index in [0.29, 0.717) is 22.9 Å². The first-order chi connectivity index (χ1) is 11.6. The maximum absolute atomic E-state index is 12.1. The molecule has 0 aliphatic heterocycles. The van der Waals surface area contributed by atoms with E-state index in [1.807, 2.05) is 25.1 Å². The second-order valence-electron chi connectivity index (χ2n) is 5.38. The molecule has 5 heteroatoms. The molecule has 0 aliphatic rings. The Hall–Kier alpha value is -2.33. The van der Waals surface area contributed by atoms with E-state index in [9.17, 15) is 9.59 Å². The predicted molar refractivity (Wildman–Crippen MR) is 95.4 cm³/mol. The molecule has 2 aromatic carbocycles. The second-order valence-corrected chi connectivity index (χ2v) is 5.79. The van der Waals surface area contributed by atoms with E-state index < -0.39 is 0 Å². The number of anilines is 1. The van der Waals surface area contributed by atoms with Crippen molar-refractivity contribution in [2.24, 2.45) is 0 Å². The number of carbonyl (C=O) groups excluding carboxylic acids is 2. The highest BCUT2D eigenvalue weighted by Crippen LogP contribution is 2.17. The molecule has 2 rings (SSSR count). The summed E-state index contributed by atoms with van der Waals surface area (Å²) in [6.45, 7) is 2.46. The lowest BCUT2D eigenvalue weighted by atomic mass is 10.1. The monoisotopic (exact) mass is 345 g/mol. The number of amides is 1. The normalized spacial score (nSPS) is 10.2. The molecule has 1 amide bonds. The third kappa shape index (κ3) is 5.39. The average molecular weight is 346 g/mol. The molecule has 0 aromatic heterocycles. The molecule has 0 radical (unpaired) electrons. The smallest absolute Gasteiger partial charge is 0.338 e. The van der Waals surface area contributed by atoms with Gasteiger partial charge in [0.2, 0.25) is 5.91 Å². The number of esters is 1. The summed E-state index contributed by atoms with van der Waals surface area (Å²) in [5.41, 5.74) is 1.86. The van der Waals surface area contributed by atoms with E-state index in [0.717, 1.165) is 18.4 Å². The van der Waals surface area contributed by atoms with Gasteiger partial charge < -0.3 is 10.1 Å². The van der Waals surface area contributed by atoms with E-state index in [4.69, 9.17) is 16.3 Å². The van der Waals surface area contributed by atoms with Gasteiger partial charge in [-0.2, -0.15) is 0 Å². The molecule has 126 valence electrons. The lowest BCUT2D eigenvalue weighted by molar-refractivity contribution is -0.115. The van der Waals surface area contributed by atoms with Gasteiger partial charge in [-0.05, 0) is 42.3 Å².